The summed E-state index contributed by atoms with van der Waals surface area (Å²) in [5, 5.41) is 22.5. The second-order valence-electron chi connectivity index (χ2n) is 6.22. The summed E-state index contributed by atoms with van der Waals surface area (Å²) in [5.41, 5.74) is 0.234. The number of amides is 1. The van der Waals surface area contributed by atoms with E-state index in [0.29, 0.717) is 23.2 Å². The molecule has 0 spiro atoms. The van der Waals surface area contributed by atoms with Crippen LogP contribution in [0.15, 0.2) is 53.7 Å². The van der Waals surface area contributed by atoms with Crippen LogP contribution < -0.4 is 14.8 Å². The minimum Gasteiger partial charge on any atom is -0.494 e. The van der Waals surface area contributed by atoms with E-state index in [2.05, 4.69) is 15.5 Å². The first-order valence-electron chi connectivity index (χ1n) is 9.36. The molecule has 1 heterocycles. The lowest BCUT2D eigenvalue weighted by atomic mass is 10.2. The summed E-state index contributed by atoms with van der Waals surface area (Å²) in [7, 11) is 1.38. The van der Waals surface area contributed by atoms with Crippen molar-refractivity contribution in [1.29, 1.82) is 0 Å². The number of benzene rings is 2. The van der Waals surface area contributed by atoms with Gasteiger partial charge in [0.2, 0.25) is 5.91 Å². The van der Waals surface area contributed by atoms with Gasteiger partial charge in [-0.2, -0.15) is 0 Å². The van der Waals surface area contributed by atoms with Gasteiger partial charge in [0.1, 0.15) is 18.1 Å². The van der Waals surface area contributed by atoms with E-state index in [-0.39, 0.29) is 29.7 Å². The van der Waals surface area contributed by atoms with Crippen LogP contribution in [0.5, 0.6) is 11.5 Å². The van der Waals surface area contributed by atoms with Gasteiger partial charge < -0.3 is 19.4 Å². The lowest BCUT2D eigenvalue weighted by molar-refractivity contribution is -0.384. The highest BCUT2D eigenvalue weighted by Crippen LogP contribution is 2.29. The number of methoxy groups -OCH3 is 1. The van der Waals surface area contributed by atoms with Crippen LogP contribution in [0.2, 0.25) is 0 Å². The quantitative estimate of drug-likeness (QED) is 0.287. The summed E-state index contributed by atoms with van der Waals surface area (Å²) in [5.74, 6) is 1.39. The molecule has 1 amide bonds. The van der Waals surface area contributed by atoms with Crippen molar-refractivity contribution in [1.82, 2.24) is 14.8 Å². The number of nitro benzene ring substituents is 1. The smallest absolute Gasteiger partial charge is 0.273 e. The fourth-order valence-corrected chi connectivity index (χ4v) is 3.55. The Balaban J connectivity index is 1.60. The van der Waals surface area contributed by atoms with Gasteiger partial charge in [-0.15, -0.1) is 10.2 Å². The number of non-ortho nitro benzene ring substituents is 1. The number of nitrogens with one attached hydrogen (secondary N) is 1. The zero-order chi connectivity index (χ0) is 22.2. The summed E-state index contributed by atoms with van der Waals surface area (Å²) in [6, 6.07) is 13.4. The average molecular weight is 443 g/mol. The van der Waals surface area contributed by atoms with Gasteiger partial charge >= 0.3 is 0 Å². The number of hydrogen-bond acceptors (Lipinski definition) is 8. The summed E-state index contributed by atoms with van der Waals surface area (Å²) < 4.78 is 12.7. The molecule has 0 aliphatic rings. The highest BCUT2D eigenvalue weighted by molar-refractivity contribution is 7.99. The lowest BCUT2D eigenvalue weighted by Gasteiger charge is -2.10. The van der Waals surface area contributed by atoms with Crippen molar-refractivity contribution in [2.45, 2.75) is 25.2 Å². The number of carbonyl (C=O) groups excluding carboxylic acids is 1. The molecular weight excluding hydrogens is 422 g/mol. The maximum Gasteiger partial charge on any atom is 0.273 e. The summed E-state index contributed by atoms with van der Waals surface area (Å²) in [6.45, 7) is 2.85. The van der Waals surface area contributed by atoms with Crippen molar-refractivity contribution in [3.8, 4) is 11.5 Å². The van der Waals surface area contributed by atoms with Gasteiger partial charge in [0.05, 0.1) is 29.5 Å². The topological polar surface area (TPSA) is 121 Å². The molecule has 1 aromatic heterocycles. The maximum absolute atomic E-state index is 12.4. The Labute approximate surface area is 182 Å². The van der Waals surface area contributed by atoms with Crippen molar-refractivity contribution < 1.29 is 19.2 Å². The largest absolute Gasteiger partial charge is 0.494 e. The summed E-state index contributed by atoms with van der Waals surface area (Å²) in [4.78, 5) is 22.7. The van der Waals surface area contributed by atoms with E-state index in [1.807, 2.05) is 41.8 Å². The number of aromatic nitrogens is 3. The Morgan fingerprint density at radius 1 is 1.23 bits per heavy atom. The zero-order valence-corrected chi connectivity index (χ0v) is 17.8. The lowest BCUT2D eigenvalue weighted by Crippen LogP contribution is -2.15. The van der Waals surface area contributed by atoms with Crippen LogP contribution in [0.1, 0.15) is 12.7 Å². The fourth-order valence-electron chi connectivity index (χ4n) is 2.73. The minimum absolute atomic E-state index is 0.0812. The first kappa shape index (κ1) is 22.1. The minimum atomic E-state index is -0.527. The molecule has 0 aliphatic heterocycles. The number of para-hydroxylation sites is 1. The second kappa shape index (κ2) is 10.4. The van der Waals surface area contributed by atoms with E-state index < -0.39 is 4.92 Å². The molecule has 10 nitrogen and oxygen atoms in total. The molecule has 0 radical (unpaired) electrons. The molecule has 3 aromatic rings. The molecule has 0 saturated heterocycles. The number of anilines is 1. The van der Waals surface area contributed by atoms with Crippen LogP contribution in [-0.4, -0.2) is 38.5 Å². The van der Waals surface area contributed by atoms with Gasteiger partial charge in [0.15, 0.2) is 11.0 Å². The van der Waals surface area contributed by atoms with Gasteiger partial charge in [-0.1, -0.05) is 30.0 Å². The first-order chi connectivity index (χ1) is 15.0. The van der Waals surface area contributed by atoms with Gasteiger partial charge in [-0.25, -0.2) is 0 Å². The summed E-state index contributed by atoms with van der Waals surface area (Å²) in [6.07, 6.45) is 0. The third-order valence-corrected chi connectivity index (χ3v) is 5.19. The highest BCUT2D eigenvalue weighted by Gasteiger charge is 2.16. The molecule has 3 rings (SSSR count). The van der Waals surface area contributed by atoms with Crippen LogP contribution in [-0.2, 0) is 17.9 Å². The van der Waals surface area contributed by atoms with Crippen molar-refractivity contribution in [3.05, 3.63) is 64.5 Å². The number of carbonyl (C=O) groups is 1. The van der Waals surface area contributed by atoms with Gasteiger partial charge in [-0.3, -0.25) is 14.9 Å². The SMILES string of the molecule is CCn1c(COc2ccccc2)nnc1SCC(=O)Nc1ccc([N+](=O)[O-])cc1OC. The Morgan fingerprint density at radius 3 is 2.68 bits per heavy atom. The molecule has 0 bridgehead atoms. The molecule has 162 valence electrons. The number of nitrogens with zero attached hydrogens (tertiary/aromatic N) is 4. The van der Waals surface area contributed by atoms with Crippen LogP contribution in [0.25, 0.3) is 0 Å². The molecule has 31 heavy (non-hydrogen) atoms. The molecule has 0 aliphatic carbocycles. The predicted octanol–water partition coefficient (Wildman–Crippen LogP) is 3.52. The number of nitro groups is 1. The van der Waals surface area contributed by atoms with Crippen LogP contribution in [0.3, 0.4) is 0 Å². The van der Waals surface area contributed by atoms with Gasteiger partial charge in [-0.05, 0) is 25.1 Å². The Kier molecular flexibility index (Phi) is 7.44. The van der Waals surface area contributed by atoms with E-state index in [4.69, 9.17) is 9.47 Å². The molecule has 0 atom stereocenters. The Hall–Kier alpha value is -3.60. The maximum atomic E-state index is 12.4. The van der Waals surface area contributed by atoms with Crippen LogP contribution in [0, 0.1) is 10.1 Å². The molecule has 11 heteroatoms. The van der Waals surface area contributed by atoms with Crippen molar-refractivity contribution >= 4 is 29.0 Å². The van der Waals surface area contributed by atoms with Crippen LogP contribution >= 0.6 is 11.8 Å². The predicted molar refractivity (Wildman–Crippen MR) is 115 cm³/mol. The standard InChI is InChI=1S/C20H21N5O5S/c1-3-24-18(12-30-15-7-5-4-6-8-15)22-23-20(24)31-13-19(26)21-16-10-9-14(25(27)28)11-17(16)29-2/h4-11H,3,12-13H2,1-2H3,(H,21,26). The summed E-state index contributed by atoms with van der Waals surface area (Å²) >= 11 is 1.24. The van der Waals surface area contributed by atoms with E-state index in [1.54, 1.807) is 0 Å². The van der Waals surface area contributed by atoms with E-state index >= 15 is 0 Å². The number of thioether (sulfide) groups is 1. The van der Waals surface area contributed by atoms with Crippen molar-refractivity contribution in [2.24, 2.45) is 0 Å². The third-order valence-electron chi connectivity index (χ3n) is 4.22. The van der Waals surface area contributed by atoms with E-state index in [0.717, 1.165) is 5.75 Å². The average Bonchev–Trinajstić information content (AvgIpc) is 3.18. The van der Waals surface area contributed by atoms with Crippen molar-refractivity contribution in [2.75, 3.05) is 18.2 Å². The molecule has 1 N–H and O–H groups in total. The van der Waals surface area contributed by atoms with E-state index in [1.165, 1.54) is 37.1 Å². The third kappa shape index (κ3) is 5.72. The van der Waals surface area contributed by atoms with E-state index in [9.17, 15) is 14.9 Å². The van der Waals surface area contributed by atoms with Gasteiger partial charge in [0, 0.05) is 12.6 Å². The normalized spacial score (nSPS) is 10.5. The number of hydrogen-bond donors (Lipinski definition) is 1. The monoisotopic (exact) mass is 443 g/mol. The fraction of sp³-hybridized carbons (Fsp3) is 0.250. The number of rotatable bonds is 10. The zero-order valence-electron chi connectivity index (χ0n) is 17.0. The van der Waals surface area contributed by atoms with Crippen molar-refractivity contribution in [3.63, 3.8) is 0 Å². The molecule has 2 aromatic carbocycles. The number of ether oxygens (including phenoxy) is 2. The molecule has 0 fully saturated rings. The Morgan fingerprint density at radius 2 is 2.00 bits per heavy atom. The highest BCUT2D eigenvalue weighted by atomic mass is 32.2. The first-order valence-corrected chi connectivity index (χ1v) is 10.4. The molecule has 0 saturated carbocycles. The Bertz CT molecular complexity index is 1060. The van der Waals surface area contributed by atoms with Gasteiger partial charge in [0.25, 0.3) is 5.69 Å². The second-order valence-corrected chi connectivity index (χ2v) is 7.17. The van der Waals surface area contributed by atoms with Crippen LogP contribution in [0.4, 0.5) is 11.4 Å². The molecule has 0 unspecified atom stereocenters. The molecular formula is C20H21N5O5S.